The molecule has 10 nitrogen and oxygen atoms in total. The molecule has 0 radical (unpaired) electrons. The fraction of sp³-hybridized carbons (Fsp3) is 0.333. The summed E-state index contributed by atoms with van der Waals surface area (Å²) in [7, 11) is -6.58. The number of nitrogens with zero attached hydrogens (tertiary/aromatic N) is 3. The molecule has 4 aromatic rings. The molecule has 1 atom stereocenters. The Kier molecular flexibility index (Phi) is 11.0. The Morgan fingerprint density at radius 3 is 2.19 bits per heavy atom. The molecule has 0 saturated carbocycles. The van der Waals surface area contributed by atoms with Crippen molar-refractivity contribution in [1.82, 2.24) is 19.9 Å². The van der Waals surface area contributed by atoms with Crippen LogP contribution in [0.1, 0.15) is 35.3 Å². The number of imidazole rings is 1. The van der Waals surface area contributed by atoms with Gasteiger partial charge in [-0.2, -0.15) is 0 Å². The number of nitrogens with one attached hydrogen (secondary N) is 1. The molecule has 12 heteroatoms. The molecule has 42 heavy (non-hydrogen) atoms. The SMILES string of the molecule is C=S(=O)(O)CCO.CCc1nc2c(C)nc(C)cc2n1-c1ccc(CCNC(=O)CS(=O)(=O)c2ccc(C)cc2)cc1. The number of carbonyl (C=O) groups is 1. The lowest BCUT2D eigenvalue weighted by Gasteiger charge is -2.11. The molecule has 2 aromatic heterocycles. The van der Waals surface area contributed by atoms with Crippen molar-refractivity contribution in [3.8, 4) is 5.69 Å². The van der Waals surface area contributed by atoms with Gasteiger partial charge in [0.05, 0.1) is 38.3 Å². The zero-order valence-electron chi connectivity index (χ0n) is 24.3. The Labute approximate surface area is 247 Å². The molecule has 226 valence electrons. The third kappa shape index (κ3) is 8.96. The average Bonchev–Trinajstić information content (AvgIpc) is 3.27. The van der Waals surface area contributed by atoms with Gasteiger partial charge in [0.15, 0.2) is 9.84 Å². The Morgan fingerprint density at radius 1 is 1.00 bits per heavy atom. The number of amides is 1. The summed E-state index contributed by atoms with van der Waals surface area (Å²) in [5.74, 6) is 2.67. The highest BCUT2D eigenvalue weighted by molar-refractivity contribution is 7.95. The molecule has 0 aliphatic rings. The lowest BCUT2D eigenvalue weighted by molar-refractivity contribution is -0.118. The Balaban J connectivity index is 0.000000616. The van der Waals surface area contributed by atoms with E-state index in [4.69, 9.17) is 14.6 Å². The van der Waals surface area contributed by atoms with Crippen molar-refractivity contribution in [2.75, 3.05) is 24.7 Å². The first-order chi connectivity index (χ1) is 19.7. The van der Waals surface area contributed by atoms with Gasteiger partial charge in [-0.15, -0.1) is 0 Å². The summed E-state index contributed by atoms with van der Waals surface area (Å²) >= 11 is 0. The second-order valence-corrected chi connectivity index (χ2v) is 13.9. The van der Waals surface area contributed by atoms with Crippen LogP contribution in [-0.4, -0.2) is 73.3 Å². The van der Waals surface area contributed by atoms with E-state index in [1.54, 1.807) is 12.1 Å². The molecule has 0 spiro atoms. The second-order valence-electron chi connectivity index (χ2n) is 9.97. The summed E-state index contributed by atoms with van der Waals surface area (Å²) < 4.78 is 45.4. The predicted molar refractivity (Wildman–Crippen MR) is 168 cm³/mol. The minimum atomic E-state index is -3.66. The second kappa shape index (κ2) is 14.1. The minimum absolute atomic E-state index is 0.132. The maximum atomic E-state index is 12.5. The highest BCUT2D eigenvalue weighted by Crippen LogP contribution is 2.25. The Bertz CT molecular complexity index is 1750. The molecular formula is C30H38N4O6S2. The van der Waals surface area contributed by atoms with Crippen LogP contribution in [0.2, 0.25) is 0 Å². The number of aromatic nitrogens is 3. The topological polar surface area (TPSA) is 151 Å². The van der Waals surface area contributed by atoms with Crippen LogP contribution in [0.15, 0.2) is 59.5 Å². The number of pyridine rings is 1. The monoisotopic (exact) mass is 614 g/mol. The maximum absolute atomic E-state index is 12.5. The number of aliphatic hydroxyl groups excluding tert-OH is 1. The zero-order chi connectivity index (χ0) is 31.1. The molecule has 3 N–H and O–H groups in total. The van der Waals surface area contributed by atoms with Gasteiger partial charge in [-0.3, -0.25) is 14.3 Å². The molecule has 2 heterocycles. The Hall–Kier alpha value is -3.58. The Morgan fingerprint density at radius 2 is 1.64 bits per heavy atom. The van der Waals surface area contributed by atoms with Gasteiger partial charge in [0, 0.05) is 24.3 Å². The smallest absolute Gasteiger partial charge is 0.235 e. The van der Waals surface area contributed by atoms with E-state index in [2.05, 4.69) is 33.7 Å². The number of hydrogen-bond donors (Lipinski definition) is 3. The number of sulfone groups is 1. The van der Waals surface area contributed by atoms with Crippen molar-refractivity contribution in [1.29, 1.82) is 0 Å². The molecule has 4 rings (SSSR count). The van der Waals surface area contributed by atoms with Crippen LogP contribution in [0.25, 0.3) is 16.7 Å². The number of fused-ring (bicyclic) bond motifs is 1. The van der Waals surface area contributed by atoms with Gasteiger partial charge >= 0.3 is 0 Å². The van der Waals surface area contributed by atoms with Crippen LogP contribution < -0.4 is 5.32 Å². The molecular weight excluding hydrogens is 576 g/mol. The highest BCUT2D eigenvalue weighted by Gasteiger charge is 2.19. The number of benzene rings is 2. The molecule has 0 aliphatic carbocycles. The van der Waals surface area contributed by atoms with E-state index in [0.29, 0.717) is 13.0 Å². The molecule has 2 aromatic carbocycles. The number of rotatable bonds is 10. The van der Waals surface area contributed by atoms with E-state index >= 15 is 0 Å². The van der Waals surface area contributed by atoms with Gasteiger partial charge in [0.25, 0.3) is 0 Å². The predicted octanol–water partition coefficient (Wildman–Crippen LogP) is 3.21. The van der Waals surface area contributed by atoms with Crippen molar-refractivity contribution >= 4 is 42.5 Å². The quantitative estimate of drug-likeness (QED) is 0.230. The number of aryl methyl sites for hydroxylation is 4. The summed E-state index contributed by atoms with van der Waals surface area (Å²) in [6.07, 6.45) is 1.40. The first kappa shape index (κ1) is 32.9. The van der Waals surface area contributed by atoms with E-state index in [1.165, 1.54) is 12.1 Å². The van der Waals surface area contributed by atoms with Crippen molar-refractivity contribution in [2.45, 2.75) is 45.4 Å². The summed E-state index contributed by atoms with van der Waals surface area (Å²) in [5.41, 5.74) is 6.87. The van der Waals surface area contributed by atoms with Gasteiger partial charge in [-0.05, 0) is 69.0 Å². The summed E-state index contributed by atoms with van der Waals surface area (Å²) in [6.45, 7) is 8.02. The fourth-order valence-corrected chi connectivity index (χ4v) is 5.76. The van der Waals surface area contributed by atoms with Crippen LogP contribution in [0.5, 0.6) is 0 Å². The first-order valence-electron chi connectivity index (χ1n) is 13.4. The van der Waals surface area contributed by atoms with Gasteiger partial charge < -0.3 is 15.0 Å². The van der Waals surface area contributed by atoms with Crippen LogP contribution in [0, 0.1) is 20.8 Å². The summed E-state index contributed by atoms with van der Waals surface area (Å²) in [6, 6.07) is 16.7. The van der Waals surface area contributed by atoms with E-state index < -0.39 is 31.3 Å². The molecule has 1 amide bonds. The van der Waals surface area contributed by atoms with E-state index in [9.17, 15) is 17.4 Å². The maximum Gasteiger partial charge on any atom is 0.235 e. The highest BCUT2D eigenvalue weighted by atomic mass is 32.2. The number of carbonyl (C=O) groups excluding carboxylic acids is 1. The van der Waals surface area contributed by atoms with Crippen LogP contribution in [0.3, 0.4) is 0 Å². The third-order valence-electron chi connectivity index (χ3n) is 6.37. The average molecular weight is 615 g/mol. The molecule has 0 aliphatic heterocycles. The van der Waals surface area contributed by atoms with Crippen LogP contribution in [0.4, 0.5) is 0 Å². The lowest BCUT2D eigenvalue weighted by atomic mass is 10.1. The molecule has 1 unspecified atom stereocenters. The molecule has 0 saturated heterocycles. The van der Waals surface area contributed by atoms with Crippen molar-refractivity contribution in [3.05, 3.63) is 82.9 Å². The standard InChI is InChI=1S/C27H30N4O3S.C3H8O3S/c1-5-25-30-27-20(4)29-19(3)16-24(27)31(25)22-10-8-21(9-11-22)14-15-28-26(32)17-35(33,34)23-12-6-18(2)7-13-23;1-7(5,6)3-2-4/h6-13,16H,5,14-15,17H2,1-4H3,(H,28,32);4H,1-3H2,(H,5,6). The van der Waals surface area contributed by atoms with E-state index in [1.807, 2.05) is 45.0 Å². The number of aliphatic hydroxyl groups is 1. The largest absolute Gasteiger partial charge is 0.395 e. The summed E-state index contributed by atoms with van der Waals surface area (Å²) in [5, 5.41) is 10.7. The van der Waals surface area contributed by atoms with Crippen LogP contribution >= 0.6 is 0 Å². The van der Waals surface area contributed by atoms with Crippen molar-refractivity contribution in [3.63, 3.8) is 0 Å². The van der Waals surface area contributed by atoms with E-state index in [0.717, 1.165) is 51.5 Å². The van der Waals surface area contributed by atoms with Crippen LogP contribution in [-0.2, 0) is 37.3 Å². The third-order valence-corrected chi connectivity index (χ3v) is 8.83. The van der Waals surface area contributed by atoms with Gasteiger partial charge in [0.2, 0.25) is 5.91 Å². The minimum Gasteiger partial charge on any atom is -0.395 e. The first-order valence-corrected chi connectivity index (χ1v) is 16.9. The van der Waals surface area contributed by atoms with E-state index in [-0.39, 0.29) is 17.3 Å². The molecule has 0 fully saturated rings. The van der Waals surface area contributed by atoms with Gasteiger partial charge in [-0.1, -0.05) is 36.8 Å². The molecule has 0 bridgehead atoms. The zero-order valence-corrected chi connectivity index (χ0v) is 26.0. The number of hydrogen-bond acceptors (Lipinski definition) is 7. The summed E-state index contributed by atoms with van der Waals surface area (Å²) in [4.78, 5) is 21.7. The van der Waals surface area contributed by atoms with Crippen molar-refractivity contribution in [2.24, 2.45) is 0 Å². The van der Waals surface area contributed by atoms with Gasteiger partial charge in [0.1, 0.15) is 17.1 Å². The normalized spacial score (nSPS) is 12.8. The van der Waals surface area contributed by atoms with Gasteiger partial charge in [-0.25, -0.2) is 17.6 Å². The lowest BCUT2D eigenvalue weighted by Crippen LogP contribution is -2.31. The van der Waals surface area contributed by atoms with Crippen molar-refractivity contribution < 1.29 is 27.1 Å². The fourth-order valence-electron chi connectivity index (χ4n) is 4.31.